The zero-order valence-corrected chi connectivity index (χ0v) is 13.5. The van der Waals surface area contributed by atoms with Gasteiger partial charge in [-0.25, -0.2) is 0 Å². The van der Waals surface area contributed by atoms with Crippen molar-refractivity contribution in [2.75, 3.05) is 0 Å². The number of aliphatic imine (C=N–C) groups is 1. The summed E-state index contributed by atoms with van der Waals surface area (Å²) < 4.78 is 0. The van der Waals surface area contributed by atoms with Crippen LogP contribution in [0.2, 0.25) is 0 Å². The lowest BCUT2D eigenvalue weighted by molar-refractivity contribution is 0.786. The van der Waals surface area contributed by atoms with Crippen LogP contribution in [0.15, 0.2) is 96.5 Å². The highest BCUT2D eigenvalue weighted by atomic mass is 14.8. The summed E-state index contributed by atoms with van der Waals surface area (Å²) in [6.45, 7) is 4.23. The Morgan fingerprint density at radius 1 is 0.750 bits per heavy atom. The second-order valence-corrected chi connectivity index (χ2v) is 6.12. The van der Waals surface area contributed by atoms with Crippen molar-refractivity contribution < 1.29 is 0 Å². The maximum absolute atomic E-state index is 5.16. The normalized spacial score (nSPS) is 15.8. The highest BCUT2D eigenvalue weighted by Gasteiger charge is 2.25. The zero-order valence-electron chi connectivity index (χ0n) is 13.5. The molecule has 116 valence electrons. The third-order valence-electron chi connectivity index (χ3n) is 4.52. The van der Waals surface area contributed by atoms with Gasteiger partial charge in [-0.1, -0.05) is 91.5 Å². The molecule has 1 unspecified atom stereocenters. The van der Waals surface area contributed by atoms with Gasteiger partial charge in [0, 0.05) is 11.1 Å². The van der Waals surface area contributed by atoms with Crippen LogP contribution in [0.4, 0.5) is 0 Å². The summed E-state index contributed by atoms with van der Waals surface area (Å²) in [5.41, 5.74) is 7.07. The molecule has 0 radical (unpaired) electrons. The van der Waals surface area contributed by atoms with Crippen LogP contribution in [0, 0.1) is 0 Å². The number of hydrogen-bond acceptors (Lipinski definition) is 1. The van der Waals surface area contributed by atoms with Gasteiger partial charge in [0.15, 0.2) is 0 Å². The largest absolute Gasteiger partial charge is 0.276 e. The first-order valence-electron chi connectivity index (χ1n) is 8.28. The van der Waals surface area contributed by atoms with Gasteiger partial charge in [0.25, 0.3) is 0 Å². The SMILES string of the molecule is C=C1CC(N=C(c2ccccc2)c2ccccc2)c2ccccc21. The molecule has 3 aromatic rings. The van der Waals surface area contributed by atoms with E-state index in [4.69, 9.17) is 4.99 Å². The van der Waals surface area contributed by atoms with Crippen molar-refractivity contribution in [3.63, 3.8) is 0 Å². The maximum atomic E-state index is 5.16. The molecule has 0 bridgehead atoms. The average molecular weight is 309 g/mol. The van der Waals surface area contributed by atoms with Gasteiger partial charge in [-0.05, 0) is 23.1 Å². The fourth-order valence-corrected chi connectivity index (χ4v) is 3.34. The van der Waals surface area contributed by atoms with Gasteiger partial charge in [0.05, 0.1) is 11.8 Å². The number of fused-ring (bicyclic) bond motifs is 1. The quantitative estimate of drug-likeness (QED) is 0.552. The predicted octanol–water partition coefficient (Wildman–Crippen LogP) is 5.68. The molecule has 0 fully saturated rings. The summed E-state index contributed by atoms with van der Waals surface area (Å²) in [7, 11) is 0. The van der Waals surface area contributed by atoms with E-state index in [1.807, 2.05) is 12.1 Å². The average Bonchev–Trinajstić information content (AvgIpc) is 2.97. The van der Waals surface area contributed by atoms with Gasteiger partial charge < -0.3 is 0 Å². The maximum Gasteiger partial charge on any atom is 0.0802 e. The van der Waals surface area contributed by atoms with Crippen LogP contribution in [-0.2, 0) is 0 Å². The molecule has 1 aliphatic rings. The van der Waals surface area contributed by atoms with Crippen LogP contribution in [0.3, 0.4) is 0 Å². The van der Waals surface area contributed by atoms with Crippen molar-refractivity contribution >= 4 is 11.3 Å². The van der Waals surface area contributed by atoms with Crippen molar-refractivity contribution in [2.24, 2.45) is 4.99 Å². The Morgan fingerprint density at radius 2 is 1.29 bits per heavy atom. The molecule has 0 saturated heterocycles. The smallest absolute Gasteiger partial charge is 0.0802 e. The lowest BCUT2D eigenvalue weighted by atomic mass is 10.0. The van der Waals surface area contributed by atoms with Crippen LogP contribution in [-0.4, -0.2) is 5.71 Å². The molecular formula is C23H19N. The molecule has 1 atom stereocenters. The minimum absolute atomic E-state index is 0.143. The fraction of sp³-hybridized carbons (Fsp3) is 0.0870. The van der Waals surface area contributed by atoms with Gasteiger partial charge in [-0.15, -0.1) is 0 Å². The van der Waals surface area contributed by atoms with Crippen LogP contribution in [0.25, 0.3) is 5.57 Å². The number of hydrogen-bond donors (Lipinski definition) is 0. The van der Waals surface area contributed by atoms with Crippen LogP contribution in [0.1, 0.15) is 34.7 Å². The van der Waals surface area contributed by atoms with E-state index >= 15 is 0 Å². The van der Waals surface area contributed by atoms with Crippen molar-refractivity contribution in [3.8, 4) is 0 Å². The Bertz CT molecular complexity index is 850. The molecule has 1 aliphatic carbocycles. The number of rotatable bonds is 3. The molecule has 0 spiro atoms. The fourth-order valence-electron chi connectivity index (χ4n) is 3.34. The number of benzene rings is 3. The highest BCUT2D eigenvalue weighted by molar-refractivity contribution is 6.13. The van der Waals surface area contributed by atoms with E-state index in [-0.39, 0.29) is 6.04 Å². The van der Waals surface area contributed by atoms with Gasteiger partial charge in [-0.2, -0.15) is 0 Å². The summed E-state index contributed by atoms with van der Waals surface area (Å²) in [5.74, 6) is 0. The first kappa shape index (κ1) is 14.6. The van der Waals surface area contributed by atoms with Gasteiger partial charge in [0.2, 0.25) is 0 Å². The molecule has 0 aliphatic heterocycles. The molecule has 0 N–H and O–H groups in total. The molecule has 1 heteroatoms. The van der Waals surface area contributed by atoms with E-state index < -0.39 is 0 Å². The second-order valence-electron chi connectivity index (χ2n) is 6.12. The van der Waals surface area contributed by atoms with Gasteiger partial charge >= 0.3 is 0 Å². The minimum atomic E-state index is 0.143. The third kappa shape index (κ3) is 2.69. The van der Waals surface area contributed by atoms with E-state index in [9.17, 15) is 0 Å². The van der Waals surface area contributed by atoms with Gasteiger partial charge in [-0.3, -0.25) is 4.99 Å². The second kappa shape index (κ2) is 6.29. The monoisotopic (exact) mass is 309 g/mol. The zero-order chi connectivity index (χ0) is 16.4. The topological polar surface area (TPSA) is 12.4 Å². The van der Waals surface area contributed by atoms with Crippen LogP contribution in [0.5, 0.6) is 0 Å². The summed E-state index contributed by atoms with van der Waals surface area (Å²) in [5, 5.41) is 0. The Morgan fingerprint density at radius 3 is 1.92 bits per heavy atom. The summed E-state index contributed by atoms with van der Waals surface area (Å²) >= 11 is 0. The minimum Gasteiger partial charge on any atom is -0.276 e. The molecular weight excluding hydrogens is 290 g/mol. The first-order chi connectivity index (χ1) is 11.8. The molecule has 4 rings (SSSR count). The summed E-state index contributed by atoms with van der Waals surface area (Å²) in [6.07, 6.45) is 0.891. The molecule has 0 heterocycles. The first-order valence-corrected chi connectivity index (χ1v) is 8.28. The summed E-state index contributed by atoms with van der Waals surface area (Å²) in [4.78, 5) is 5.16. The van der Waals surface area contributed by atoms with E-state index in [2.05, 4.69) is 79.4 Å². The van der Waals surface area contributed by atoms with E-state index in [0.717, 1.165) is 23.3 Å². The predicted molar refractivity (Wildman–Crippen MR) is 101 cm³/mol. The molecule has 0 saturated carbocycles. The standard InChI is InChI=1S/C23H19N/c1-17-16-22(21-15-9-8-14-20(17)21)24-23(18-10-4-2-5-11-18)19-12-6-3-7-13-19/h2-15,22H,1,16H2. The lowest BCUT2D eigenvalue weighted by Crippen LogP contribution is -2.05. The Kier molecular flexibility index (Phi) is 3.84. The van der Waals surface area contributed by atoms with Gasteiger partial charge in [0.1, 0.15) is 0 Å². The molecule has 3 aromatic carbocycles. The van der Waals surface area contributed by atoms with Crippen LogP contribution < -0.4 is 0 Å². The molecule has 0 amide bonds. The van der Waals surface area contributed by atoms with Crippen molar-refractivity contribution in [3.05, 3.63) is 114 Å². The molecule has 0 aromatic heterocycles. The Labute approximate surface area is 143 Å². The van der Waals surface area contributed by atoms with E-state index in [0.29, 0.717) is 0 Å². The van der Waals surface area contributed by atoms with Crippen molar-refractivity contribution in [1.82, 2.24) is 0 Å². The van der Waals surface area contributed by atoms with Crippen molar-refractivity contribution in [2.45, 2.75) is 12.5 Å². The molecule has 24 heavy (non-hydrogen) atoms. The van der Waals surface area contributed by atoms with Crippen LogP contribution >= 0.6 is 0 Å². The Hall–Kier alpha value is -2.93. The van der Waals surface area contributed by atoms with E-state index in [1.54, 1.807) is 0 Å². The third-order valence-corrected chi connectivity index (χ3v) is 4.52. The lowest BCUT2D eigenvalue weighted by Gasteiger charge is -2.12. The number of nitrogens with zero attached hydrogens (tertiary/aromatic N) is 1. The summed E-state index contributed by atoms with van der Waals surface area (Å²) in [6, 6.07) is 29.5. The molecule has 1 nitrogen and oxygen atoms in total. The Balaban J connectivity index is 1.83. The highest BCUT2D eigenvalue weighted by Crippen LogP contribution is 2.41. The van der Waals surface area contributed by atoms with Crippen molar-refractivity contribution in [1.29, 1.82) is 0 Å². The van der Waals surface area contributed by atoms with E-state index in [1.165, 1.54) is 16.7 Å².